The van der Waals surface area contributed by atoms with Crippen LogP contribution in [0.15, 0.2) is 78.9 Å². The molecule has 0 aromatic carbocycles. The predicted octanol–water partition coefficient (Wildman–Crippen LogP) is 4.13. The molecule has 31 heavy (non-hydrogen) atoms. The van der Waals surface area contributed by atoms with Crippen molar-refractivity contribution in [2.45, 2.75) is 19.9 Å². The number of hydrogen-bond donors (Lipinski definition) is 3. The summed E-state index contributed by atoms with van der Waals surface area (Å²) in [6.45, 7) is 15.0. The molecular weight excluding hydrogens is 388 g/mol. The minimum Gasteiger partial charge on any atom is -0.371 e. The van der Waals surface area contributed by atoms with E-state index in [1.165, 1.54) is 0 Å². The lowest BCUT2D eigenvalue weighted by Gasteiger charge is -2.14. The zero-order valence-corrected chi connectivity index (χ0v) is 17.6. The molecule has 0 unspecified atom stereocenters. The number of nitrogens with one attached hydrogen (secondary N) is 3. The van der Waals surface area contributed by atoms with Gasteiger partial charge in [0.05, 0.1) is 23.1 Å². The molecule has 0 fully saturated rings. The van der Waals surface area contributed by atoms with Gasteiger partial charge < -0.3 is 16.0 Å². The van der Waals surface area contributed by atoms with E-state index in [1.807, 2.05) is 18.2 Å². The van der Waals surface area contributed by atoms with Gasteiger partial charge in [-0.1, -0.05) is 38.8 Å². The van der Waals surface area contributed by atoms with Crippen LogP contribution in [0.25, 0.3) is 5.57 Å². The highest BCUT2D eigenvalue weighted by molar-refractivity contribution is 6.06. The smallest absolute Gasteiger partial charge is 0.254 e. The Morgan fingerprint density at radius 3 is 2.87 bits per heavy atom. The molecule has 0 bridgehead atoms. The van der Waals surface area contributed by atoms with Crippen LogP contribution in [0, 0.1) is 0 Å². The van der Waals surface area contributed by atoms with Crippen LogP contribution in [0.5, 0.6) is 0 Å². The number of aromatic nitrogens is 2. The molecule has 158 valence electrons. The van der Waals surface area contributed by atoms with Crippen LogP contribution in [0.3, 0.4) is 0 Å². The summed E-state index contributed by atoms with van der Waals surface area (Å²) < 4.78 is 0. The molecule has 0 spiro atoms. The molecule has 3 rings (SSSR count). The normalized spacial score (nSPS) is 12.9. The molecule has 0 aliphatic carbocycles. The summed E-state index contributed by atoms with van der Waals surface area (Å²) >= 11 is 0. The maximum absolute atomic E-state index is 12.6. The number of nitrogens with zero attached hydrogens (tertiary/aromatic N) is 3. The molecule has 7 heteroatoms. The Labute approximate surface area is 182 Å². The minimum absolute atomic E-state index is 0.161. The monoisotopic (exact) mass is 414 g/mol. The summed E-state index contributed by atoms with van der Waals surface area (Å²) in [4.78, 5) is 25.8. The lowest BCUT2D eigenvalue weighted by molar-refractivity contribution is 0.0966. The Kier molecular flexibility index (Phi) is 7.11. The van der Waals surface area contributed by atoms with Gasteiger partial charge in [0.2, 0.25) is 0 Å². The Morgan fingerprint density at radius 2 is 2.16 bits per heavy atom. The lowest BCUT2D eigenvalue weighted by atomic mass is 9.96. The average molecular weight is 415 g/mol. The van der Waals surface area contributed by atoms with E-state index in [1.54, 1.807) is 30.8 Å². The second-order valence-electron chi connectivity index (χ2n) is 6.86. The summed E-state index contributed by atoms with van der Waals surface area (Å²) in [6.07, 6.45) is 9.41. The summed E-state index contributed by atoms with van der Waals surface area (Å²) in [5, 5.41) is 9.18. The molecule has 2 aromatic heterocycles. The van der Waals surface area contributed by atoms with Crippen molar-refractivity contribution in [3.8, 4) is 0 Å². The van der Waals surface area contributed by atoms with Crippen molar-refractivity contribution in [1.29, 1.82) is 0 Å². The molecule has 0 radical (unpaired) electrons. The molecule has 1 aliphatic rings. The number of rotatable bonds is 10. The molecular formula is C24H26N6O. The quantitative estimate of drug-likeness (QED) is 0.402. The fourth-order valence-corrected chi connectivity index (χ4v) is 3.11. The van der Waals surface area contributed by atoms with Gasteiger partial charge in [0.15, 0.2) is 0 Å². The number of carbonyl (C=O) groups is 1. The number of aliphatic imine (C=N–C) groups is 1. The minimum atomic E-state index is -0.161. The van der Waals surface area contributed by atoms with E-state index in [4.69, 9.17) is 0 Å². The van der Waals surface area contributed by atoms with Crippen LogP contribution in [0.2, 0.25) is 0 Å². The number of anilines is 2. The Balaban J connectivity index is 1.99. The lowest BCUT2D eigenvalue weighted by Crippen LogP contribution is -2.13. The van der Waals surface area contributed by atoms with Crippen LogP contribution in [0.1, 0.15) is 35.0 Å². The van der Waals surface area contributed by atoms with Crippen molar-refractivity contribution in [3.05, 3.63) is 90.7 Å². The molecule has 2 aromatic rings. The molecule has 3 N–H and O–H groups in total. The van der Waals surface area contributed by atoms with Crippen molar-refractivity contribution in [2.24, 2.45) is 4.99 Å². The van der Waals surface area contributed by atoms with Crippen LogP contribution in [-0.4, -0.2) is 28.6 Å². The third-order valence-corrected chi connectivity index (χ3v) is 4.66. The molecule has 0 saturated heterocycles. The van der Waals surface area contributed by atoms with Gasteiger partial charge >= 0.3 is 0 Å². The zero-order chi connectivity index (χ0) is 22.2. The van der Waals surface area contributed by atoms with Gasteiger partial charge in [-0.25, -0.2) is 9.98 Å². The standard InChI is InChI=1S/C24H26N6O/c1-5-11-25-17(4)26-13-10-18(16(3)6-2)23-19-14-29-24(31)22(19)20(15-28-23)30-21-9-7-8-12-27-21/h6-10,12-13,15,25H,2-5,11,14H2,1H3,(H,27,30)(H,29,31)/b18-10+,26-13-. The first-order valence-electron chi connectivity index (χ1n) is 10.0. The van der Waals surface area contributed by atoms with Crippen LogP contribution < -0.4 is 16.0 Å². The number of fused-ring (bicyclic) bond motifs is 1. The highest BCUT2D eigenvalue weighted by atomic mass is 16.1. The van der Waals surface area contributed by atoms with Crippen LogP contribution in [-0.2, 0) is 6.54 Å². The van der Waals surface area contributed by atoms with Gasteiger partial charge in [-0.2, -0.15) is 0 Å². The number of amides is 1. The maximum Gasteiger partial charge on any atom is 0.254 e. The summed E-state index contributed by atoms with van der Waals surface area (Å²) in [6, 6.07) is 5.53. The van der Waals surface area contributed by atoms with E-state index in [9.17, 15) is 4.79 Å². The van der Waals surface area contributed by atoms with Gasteiger partial charge in [0, 0.05) is 36.6 Å². The average Bonchev–Trinajstić information content (AvgIpc) is 3.18. The molecule has 3 heterocycles. The number of allylic oxidation sites excluding steroid dienone is 4. The van der Waals surface area contributed by atoms with Gasteiger partial charge in [-0.15, -0.1) is 0 Å². The Morgan fingerprint density at radius 1 is 1.32 bits per heavy atom. The summed E-state index contributed by atoms with van der Waals surface area (Å²) in [5.74, 6) is 1.05. The van der Waals surface area contributed by atoms with Gasteiger partial charge in [-0.3, -0.25) is 9.78 Å². The molecule has 7 nitrogen and oxygen atoms in total. The largest absolute Gasteiger partial charge is 0.371 e. The topological polar surface area (TPSA) is 91.3 Å². The summed E-state index contributed by atoms with van der Waals surface area (Å²) in [7, 11) is 0. The molecule has 1 aliphatic heterocycles. The highest BCUT2D eigenvalue weighted by Crippen LogP contribution is 2.33. The van der Waals surface area contributed by atoms with Crippen LogP contribution in [0.4, 0.5) is 11.5 Å². The van der Waals surface area contributed by atoms with Gasteiger partial charge in [-0.05, 0) is 30.2 Å². The second kappa shape index (κ2) is 10.2. The van der Waals surface area contributed by atoms with Gasteiger partial charge in [0.25, 0.3) is 5.91 Å². The number of carbonyl (C=O) groups excluding carboxylic acids is 1. The molecule has 0 saturated carbocycles. The summed E-state index contributed by atoms with van der Waals surface area (Å²) in [5.41, 5.74) is 4.00. The van der Waals surface area contributed by atoms with Crippen molar-refractivity contribution in [2.75, 3.05) is 11.9 Å². The first-order valence-corrected chi connectivity index (χ1v) is 10.0. The number of pyridine rings is 2. The molecule has 0 atom stereocenters. The Hall–Kier alpha value is -4.00. The van der Waals surface area contributed by atoms with Crippen molar-refractivity contribution >= 4 is 29.2 Å². The van der Waals surface area contributed by atoms with Crippen LogP contribution >= 0.6 is 0 Å². The first kappa shape index (κ1) is 21.7. The van der Waals surface area contributed by atoms with E-state index in [-0.39, 0.29) is 5.91 Å². The first-order chi connectivity index (χ1) is 15.0. The van der Waals surface area contributed by atoms with E-state index in [0.29, 0.717) is 40.7 Å². The van der Waals surface area contributed by atoms with Crippen molar-refractivity contribution in [3.63, 3.8) is 0 Å². The van der Waals surface area contributed by atoms with Crippen molar-refractivity contribution < 1.29 is 4.79 Å². The van der Waals surface area contributed by atoms with Gasteiger partial charge in [0.1, 0.15) is 11.6 Å². The maximum atomic E-state index is 12.6. The van der Waals surface area contributed by atoms with Crippen molar-refractivity contribution in [1.82, 2.24) is 20.6 Å². The van der Waals surface area contributed by atoms with E-state index in [2.05, 4.69) is 57.6 Å². The third kappa shape index (κ3) is 5.14. The number of hydrogen-bond acceptors (Lipinski definition) is 6. The SMILES string of the molecule is C=CC(=C)/C(=C\C=N/C(=C)NCCC)c1ncc(Nc2ccccn2)c2c1CNC2=O. The van der Waals surface area contributed by atoms with E-state index in [0.717, 1.165) is 24.1 Å². The highest BCUT2D eigenvalue weighted by Gasteiger charge is 2.28. The fourth-order valence-electron chi connectivity index (χ4n) is 3.11. The fraction of sp³-hybridized carbons (Fsp3) is 0.167. The second-order valence-corrected chi connectivity index (χ2v) is 6.86. The van der Waals surface area contributed by atoms with E-state index >= 15 is 0 Å². The molecule has 1 amide bonds. The predicted molar refractivity (Wildman–Crippen MR) is 126 cm³/mol. The Bertz CT molecular complexity index is 1070. The zero-order valence-electron chi connectivity index (χ0n) is 17.6. The van der Waals surface area contributed by atoms with E-state index < -0.39 is 0 Å². The third-order valence-electron chi connectivity index (χ3n) is 4.66.